The molecule has 0 saturated heterocycles. The first kappa shape index (κ1) is 15.0. The number of rotatable bonds is 3. The molecule has 3 aromatic rings. The maximum absolute atomic E-state index is 10.9. The van der Waals surface area contributed by atoms with Crippen molar-refractivity contribution in [3.05, 3.63) is 49.6 Å². The molecule has 2 aromatic heterocycles. The third-order valence-corrected chi connectivity index (χ3v) is 4.33. The first-order valence-electron chi connectivity index (χ1n) is 6.08. The number of hydrogen-bond donors (Lipinski definition) is 1. The van der Waals surface area contributed by atoms with Crippen molar-refractivity contribution < 1.29 is 4.92 Å². The lowest BCUT2D eigenvalue weighted by atomic mass is 10.2. The van der Waals surface area contributed by atoms with E-state index in [1.165, 1.54) is 23.5 Å². The summed E-state index contributed by atoms with van der Waals surface area (Å²) in [4.78, 5) is 20.5. The molecular formula is C13H8Cl2N4O2S. The van der Waals surface area contributed by atoms with E-state index < -0.39 is 4.92 Å². The zero-order valence-corrected chi connectivity index (χ0v) is 13.5. The number of aryl methyl sites for hydroxylation is 1. The van der Waals surface area contributed by atoms with Crippen LogP contribution in [0.3, 0.4) is 0 Å². The van der Waals surface area contributed by atoms with Crippen molar-refractivity contribution in [2.75, 3.05) is 5.32 Å². The van der Waals surface area contributed by atoms with Crippen molar-refractivity contribution >= 4 is 61.9 Å². The molecule has 0 fully saturated rings. The van der Waals surface area contributed by atoms with Gasteiger partial charge >= 0.3 is 0 Å². The minimum absolute atomic E-state index is 0.0767. The molecule has 0 atom stereocenters. The standard InChI is InChI=1S/C13H8Cl2N4O2S/c1-6-4-8-11(17-13(15)18-12(8)22-6)16-7-2-3-9(14)10(5-7)19(20)21/h2-5H,1H3,(H,16,17,18). The number of aromatic nitrogens is 2. The number of halogens is 2. The van der Waals surface area contributed by atoms with Crippen LogP contribution < -0.4 is 5.32 Å². The summed E-state index contributed by atoms with van der Waals surface area (Å²) in [5.74, 6) is 0.496. The second-order valence-electron chi connectivity index (χ2n) is 4.47. The van der Waals surface area contributed by atoms with E-state index in [0.717, 1.165) is 15.1 Å². The van der Waals surface area contributed by atoms with Gasteiger partial charge in [0, 0.05) is 16.6 Å². The van der Waals surface area contributed by atoms with Crippen LogP contribution in [0, 0.1) is 17.0 Å². The molecule has 0 unspecified atom stereocenters. The number of hydrogen-bond acceptors (Lipinski definition) is 6. The number of benzene rings is 1. The fourth-order valence-electron chi connectivity index (χ4n) is 1.98. The summed E-state index contributed by atoms with van der Waals surface area (Å²) in [7, 11) is 0. The highest BCUT2D eigenvalue weighted by molar-refractivity contribution is 7.18. The summed E-state index contributed by atoms with van der Waals surface area (Å²) in [6.45, 7) is 1.96. The topological polar surface area (TPSA) is 81.0 Å². The maximum atomic E-state index is 10.9. The molecule has 0 aliphatic rings. The van der Waals surface area contributed by atoms with E-state index in [1.54, 1.807) is 6.07 Å². The molecule has 0 aliphatic heterocycles. The largest absolute Gasteiger partial charge is 0.339 e. The second-order valence-corrected chi connectivity index (χ2v) is 6.45. The smallest absolute Gasteiger partial charge is 0.289 e. The van der Waals surface area contributed by atoms with Crippen LogP contribution in [0.4, 0.5) is 17.2 Å². The van der Waals surface area contributed by atoms with E-state index in [0.29, 0.717) is 11.5 Å². The van der Waals surface area contributed by atoms with Gasteiger partial charge in [-0.2, -0.15) is 4.98 Å². The summed E-state index contributed by atoms with van der Waals surface area (Å²) in [6.07, 6.45) is 0. The molecule has 2 heterocycles. The van der Waals surface area contributed by atoms with Gasteiger partial charge in [-0.3, -0.25) is 10.1 Å². The van der Waals surface area contributed by atoms with Gasteiger partial charge in [0.2, 0.25) is 5.28 Å². The SMILES string of the molecule is Cc1cc2c(Nc3ccc(Cl)c([N+](=O)[O-])c3)nc(Cl)nc2s1. The van der Waals surface area contributed by atoms with Crippen molar-refractivity contribution in [2.24, 2.45) is 0 Å². The molecule has 22 heavy (non-hydrogen) atoms. The van der Waals surface area contributed by atoms with Crippen LogP contribution in [0.15, 0.2) is 24.3 Å². The molecule has 0 amide bonds. The number of nitro groups is 1. The van der Waals surface area contributed by atoms with Crippen LogP contribution >= 0.6 is 34.5 Å². The molecule has 9 heteroatoms. The first-order chi connectivity index (χ1) is 10.4. The Morgan fingerprint density at radius 1 is 1.27 bits per heavy atom. The number of nitrogens with one attached hydrogen (secondary N) is 1. The van der Waals surface area contributed by atoms with Crippen molar-refractivity contribution in [2.45, 2.75) is 6.92 Å². The van der Waals surface area contributed by atoms with Crippen molar-refractivity contribution in [1.82, 2.24) is 9.97 Å². The van der Waals surface area contributed by atoms with Gasteiger partial charge in [-0.15, -0.1) is 11.3 Å². The van der Waals surface area contributed by atoms with Crippen LogP contribution in [0.5, 0.6) is 0 Å². The summed E-state index contributed by atoms with van der Waals surface area (Å²) in [5, 5.41) is 15.0. The molecule has 6 nitrogen and oxygen atoms in total. The monoisotopic (exact) mass is 354 g/mol. The summed E-state index contributed by atoms with van der Waals surface area (Å²) in [5.41, 5.74) is 0.320. The van der Waals surface area contributed by atoms with Crippen molar-refractivity contribution in [1.29, 1.82) is 0 Å². The van der Waals surface area contributed by atoms with E-state index in [-0.39, 0.29) is 16.0 Å². The summed E-state index contributed by atoms with van der Waals surface area (Å²) in [6, 6.07) is 6.38. The number of thiophene rings is 1. The van der Waals surface area contributed by atoms with Gasteiger partial charge in [0.25, 0.3) is 5.69 Å². The second kappa shape index (κ2) is 5.68. The van der Waals surface area contributed by atoms with Crippen LogP contribution in [-0.2, 0) is 0 Å². The quantitative estimate of drug-likeness (QED) is 0.408. The Morgan fingerprint density at radius 3 is 2.77 bits per heavy atom. The van der Waals surface area contributed by atoms with Crippen LogP contribution in [0.25, 0.3) is 10.2 Å². The minimum atomic E-state index is -0.537. The molecule has 0 saturated carbocycles. The molecule has 112 valence electrons. The Morgan fingerprint density at radius 2 is 2.05 bits per heavy atom. The van der Waals surface area contributed by atoms with Crippen LogP contribution in [0.2, 0.25) is 10.3 Å². The third kappa shape index (κ3) is 2.83. The summed E-state index contributed by atoms with van der Waals surface area (Å²) < 4.78 is 0. The fraction of sp³-hybridized carbons (Fsp3) is 0.0769. The average Bonchev–Trinajstić information content (AvgIpc) is 2.81. The lowest BCUT2D eigenvalue weighted by Gasteiger charge is -2.07. The molecule has 0 aliphatic carbocycles. The van der Waals surface area contributed by atoms with Crippen LogP contribution in [0.1, 0.15) is 4.88 Å². The van der Waals surface area contributed by atoms with Gasteiger partial charge in [0.05, 0.1) is 10.3 Å². The van der Waals surface area contributed by atoms with Crippen molar-refractivity contribution in [3.8, 4) is 0 Å². The molecule has 3 rings (SSSR count). The molecule has 0 spiro atoms. The highest BCUT2D eigenvalue weighted by Crippen LogP contribution is 2.33. The average molecular weight is 355 g/mol. The van der Waals surface area contributed by atoms with E-state index >= 15 is 0 Å². The highest BCUT2D eigenvalue weighted by atomic mass is 35.5. The Kier molecular flexibility index (Phi) is 3.86. The number of fused-ring (bicyclic) bond motifs is 1. The molecule has 0 bridgehead atoms. The van der Waals surface area contributed by atoms with Crippen LogP contribution in [-0.4, -0.2) is 14.9 Å². The Hall–Kier alpha value is -1.96. The number of anilines is 2. The van der Waals surface area contributed by atoms with E-state index in [2.05, 4.69) is 15.3 Å². The minimum Gasteiger partial charge on any atom is -0.339 e. The lowest BCUT2D eigenvalue weighted by molar-refractivity contribution is -0.384. The van der Waals surface area contributed by atoms with Gasteiger partial charge in [-0.1, -0.05) is 11.6 Å². The van der Waals surface area contributed by atoms with E-state index in [4.69, 9.17) is 23.2 Å². The summed E-state index contributed by atoms with van der Waals surface area (Å²) >= 11 is 13.2. The highest BCUT2D eigenvalue weighted by Gasteiger charge is 2.15. The zero-order chi connectivity index (χ0) is 15.9. The third-order valence-electron chi connectivity index (χ3n) is 2.89. The van der Waals surface area contributed by atoms with Gasteiger partial charge in [0.1, 0.15) is 15.7 Å². The fourth-order valence-corrected chi connectivity index (χ4v) is 3.26. The predicted molar refractivity (Wildman–Crippen MR) is 88.6 cm³/mol. The van der Waals surface area contributed by atoms with E-state index in [9.17, 15) is 10.1 Å². The number of nitrogens with zero attached hydrogens (tertiary/aromatic N) is 3. The lowest BCUT2D eigenvalue weighted by Crippen LogP contribution is -1.97. The first-order valence-corrected chi connectivity index (χ1v) is 7.66. The predicted octanol–water partition coefficient (Wildman–Crippen LogP) is 4.96. The Bertz CT molecular complexity index is 897. The molecule has 0 radical (unpaired) electrons. The van der Waals surface area contributed by atoms with Gasteiger partial charge < -0.3 is 5.32 Å². The molecule has 1 aromatic carbocycles. The zero-order valence-electron chi connectivity index (χ0n) is 11.1. The van der Waals surface area contributed by atoms with Gasteiger partial charge in [-0.25, -0.2) is 4.98 Å². The molecular weight excluding hydrogens is 347 g/mol. The van der Waals surface area contributed by atoms with Gasteiger partial charge in [-0.05, 0) is 36.7 Å². The Balaban J connectivity index is 2.06. The Labute approximate surface area is 138 Å². The maximum Gasteiger partial charge on any atom is 0.289 e. The van der Waals surface area contributed by atoms with Crippen molar-refractivity contribution in [3.63, 3.8) is 0 Å². The normalized spacial score (nSPS) is 10.9. The number of nitro benzene ring substituents is 1. The van der Waals surface area contributed by atoms with Gasteiger partial charge in [0.15, 0.2) is 0 Å². The van der Waals surface area contributed by atoms with E-state index in [1.807, 2.05) is 13.0 Å². The molecule has 1 N–H and O–H groups in total.